The second-order valence-corrected chi connectivity index (χ2v) is 12.3. The second-order valence-electron chi connectivity index (χ2n) is 11.2. The molecule has 2 N–H and O–H groups in total. The van der Waals surface area contributed by atoms with E-state index >= 15 is 0 Å². The normalized spacial score (nSPS) is 27.4. The summed E-state index contributed by atoms with van der Waals surface area (Å²) in [5.74, 6) is 1.54. The molecule has 0 radical (unpaired) electrons. The van der Waals surface area contributed by atoms with Crippen molar-refractivity contribution in [3.05, 3.63) is 39.5 Å². The van der Waals surface area contributed by atoms with Crippen molar-refractivity contribution in [3.8, 4) is 17.5 Å². The highest BCUT2D eigenvalue weighted by molar-refractivity contribution is 7.16. The molecule has 0 saturated carbocycles. The van der Waals surface area contributed by atoms with Crippen LogP contribution in [0.1, 0.15) is 79.1 Å². The predicted molar refractivity (Wildman–Crippen MR) is 144 cm³/mol. The van der Waals surface area contributed by atoms with E-state index in [-0.39, 0.29) is 5.41 Å². The van der Waals surface area contributed by atoms with Gasteiger partial charge in [0.2, 0.25) is 5.95 Å². The minimum Gasteiger partial charge on any atom is -0.389 e. The summed E-state index contributed by atoms with van der Waals surface area (Å²) in [6.07, 6.45) is 11.4. The first-order valence-corrected chi connectivity index (χ1v) is 14.6. The first-order valence-electron chi connectivity index (χ1n) is 13.8. The standard InChI is InChI=1S/C28H33N7OS/c1-17-21-7-4-13-34(21)14-5-15-35(17)27-31-12-9-20(32-27)24-18-6-2-10-28(25(18)33-36-24)11-3-8-22-23(28)19(16-29)26(30)37-22/h9,12,17,21H,2-8,10-11,13-15,30H2,1H3/t17-,21-,28-/m0/s1. The van der Waals surface area contributed by atoms with Crippen molar-refractivity contribution >= 4 is 22.3 Å². The van der Waals surface area contributed by atoms with Crippen LogP contribution in [0.5, 0.6) is 0 Å². The van der Waals surface area contributed by atoms with Gasteiger partial charge >= 0.3 is 0 Å². The number of aryl methyl sites for hydroxylation is 1. The van der Waals surface area contributed by atoms with Gasteiger partial charge in [0.25, 0.3) is 0 Å². The summed E-state index contributed by atoms with van der Waals surface area (Å²) in [5, 5.41) is 15.3. The SMILES string of the molecule is C[C@H]1[C@@H]2CCCN2CCCN1c1nccc(-c2onc3c2CCC[C@@]32CCCc3sc(N)c(C#N)c32)n1. The van der Waals surface area contributed by atoms with Gasteiger partial charge in [0.1, 0.15) is 16.8 Å². The van der Waals surface area contributed by atoms with E-state index in [0.717, 1.165) is 92.3 Å². The van der Waals surface area contributed by atoms with Crippen molar-refractivity contribution in [3.63, 3.8) is 0 Å². The quantitative estimate of drug-likeness (QED) is 0.525. The molecule has 4 aliphatic rings. The van der Waals surface area contributed by atoms with Crippen molar-refractivity contribution in [2.24, 2.45) is 0 Å². The van der Waals surface area contributed by atoms with Crippen LogP contribution in [0.25, 0.3) is 11.5 Å². The van der Waals surface area contributed by atoms with Crippen molar-refractivity contribution < 1.29 is 4.52 Å². The Kier molecular flexibility index (Phi) is 5.52. The molecule has 2 saturated heterocycles. The molecule has 8 nitrogen and oxygen atoms in total. The molecular weight excluding hydrogens is 482 g/mol. The van der Waals surface area contributed by atoms with Gasteiger partial charge in [-0.05, 0) is 82.9 Å². The van der Waals surface area contributed by atoms with Crippen LogP contribution in [-0.2, 0) is 18.3 Å². The minimum atomic E-state index is -0.288. The maximum atomic E-state index is 9.97. The number of hydrogen-bond donors (Lipinski definition) is 1. The molecule has 7 rings (SSSR count). The van der Waals surface area contributed by atoms with Crippen LogP contribution in [0.2, 0.25) is 0 Å². The molecule has 9 heteroatoms. The molecule has 0 aromatic carbocycles. The van der Waals surface area contributed by atoms with Gasteiger partial charge in [0.05, 0.1) is 11.3 Å². The summed E-state index contributed by atoms with van der Waals surface area (Å²) in [6.45, 7) is 5.66. The van der Waals surface area contributed by atoms with Gasteiger partial charge in [0, 0.05) is 47.2 Å². The number of fused-ring (bicyclic) bond motifs is 5. The molecule has 1 spiro atoms. The summed E-state index contributed by atoms with van der Waals surface area (Å²) >= 11 is 1.58. The number of nitriles is 1. The lowest BCUT2D eigenvalue weighted by Gasteiger charge is -2.39. The smallest absolute Gasteiger partial charge is 0.226 e. The van der Waals surface area contributed by atoms with E-state index in [1.807, 2.05) is 12.3 Å². The van der Waals surface area contributed by atoms with E-state index in [9.17, 15) is 5.26 Å². The highest BCUT2D eigenvalue weighted by atomic mass is 32.1. The predicted octanol–water partition coefficient (Wildman–Crippen LogP) is 4.67. The highest BCUT2D eigenvalue weighted by Gasteiger charge is 2.48. The van der Waals surface area contributed by atoms with Gasteiger partial charge in [-0.25, -0.2) is 9.97 Å². The Labute approximate surface area is 221 Å². The van der Waals surface area contributed by atoms with Gasteiger partial charge < -0.3 is 15.2 Å². The van der Waals surface area contributed by atoms with Crippen molar-refractivity contribution in [2.75, 3.05) is 30.3 Å². The number of rotatable bonds is 2. The van der Waals surface area contributed by atoms with Crippen LogP contribution in [0.15, 0.2) is 16.8 Å². The number of anilines is 2. The third-order valence-electron chi connectivity index (χ3n) is 9.32. The highest BCUT2D eigenvalue weighted by Crippen LogP contribution is 2.54. The third-order valence-corrected chi connectivity index (χ3v) is 10.4. The molecule has 3 aromatic heterocycles. The molecule has 0 bridgehead atoms. The van der Waals surface area contributed by atoms with E-state index in [1.54, 1.807) is 11.3 Å². The topological polar surface area (TPSA) is 108 Å². The molecule has 5 heterocycles. The number of nitrogen functional groups attached to an aromatic ring is 1. The van der Waals surface area contributed by atoms with Crippen LogP contribution in [0.4, 0.5) is 10.9 Å². The van der Waals surface area contributed by atoms with Gasteiger partial charge in [-0.3, -0.25) is 4.90 Å². The molecule has 0 amide bonds. The van der Waals surface area contributed by atoms with Crippen LogP contribution in [0, 0.1) is 11.3 Å². The number of thiophene rings is 1. The fourth-order valence-corrected chi connectivity index (χ4v) is 8.84. The summed E-state index contributed by atoms with van der Waals surface area (Å²) in [6, 6.07) is 5.31. The lowest BCUT2D eigenvalue weighted by Crippen LogP contribution is -2.45. The van der Waals surface area contributed by atoms with Crippen LogP contribution in [-0.4, -0.2) is 51.7 Å². The molecule has 0 unspecified atom stereocenters. The van der Waals surface area contributed by atoms with E-state index in [2.05, 4.69) is 22.8 Å². The lowest BCUT2D eigenvalue weighted by atomic mass is 9.62. The summed E-state index contributed by atoms with van der Waals surface area (Å²) in [7, 11) is 0. The summed E-state index contributed by atoms with van der Waals surface area (Å²) in [4.78, 5) is 16.1. The number of nitrogens with two attached hydrogens (primary N) is 1. The summed E-state index contributed by atoms with van der Waals surface area (Å²) < 4.78 is 6.11. The Morgan fingerprint density at radius 3 is 2.86 bits per heavy atom. The first kappa shape index (κ1) is 23.2. The molecule has 2 aliphatic heterocycles. The first-order chi connectivity index (χ1) is 18.1. The number of aromatic nitrogens is 3. The zero-order chi connectivity index (χ0) is 25.1. The molecule has 2 fully saturated rings. The van der Waals surface area contributed by atoms with E-state index in [0.29, 0.717) is 22.6 Å². The van der Waals surface area contributed by atoms with Gasteiger partial charge in [-0.1, -0.05) is 5.16 Å². The molecule has 192 valence electrons. The van der Waals surface area contributed by atoms with Gasteiger partial charge in [0.15, 0.2) is 5.76 Å². The van der Waals surface area contributed by atoms with Crippen molar-refractivity contribution in [1.82, 2.24) is 20.0 Å². The lowest BCUT2D eigenvalue weighted by molar-refractivity contribution is 0.246. The largest absolute Gasteiger partial charge is 0.389 e. The second kappa shape index (κ2) is 8.81. The maximum absolute atomic E-state index is 9.97. The Morgan fingerprint density at radius 1 is 1.16 bits per heavy atom. The number of hydrogen-bond acceptors (Lipinski definition) is 9. The average molecular weight is 516 g/mol. The van der Waals surface area contributed by atoms with Crippen molar-refractivity contribution in [2.45, 2.75) is 82.2 Å². The fraction of sp³-hybridized carbons (Fsp3) is 0.571. The van der Waals surface area contributed by atoms with Gasteiger partial charge in [-0.15, -0.1) is 11.3 Å². The molecule has 37 heavy (non-hydrogen) atoms. The molecule has 2 aliphatic carbocycles. The van der Waals surface area contributed by atoms with Crippen LogP contribution < -0.4 is 10.6 Å². The van der Waals surface area contributed by atoms with Crippen LogP contribution in [0.3, 0.4) is 0 Å². The van der Waals surface area contributed by atoms with Crippen molar-refractivity contribution in [1.29, 1.82) is 5.26 Å². The summed E-state index contributed by atoms with van der Waals surface area (Å²) in [5.41, 5.74) is 10.7. The molecule has 3 atom stereocenters. The van der Waals surface area contributed by atoms with Gasteiger partial charge in [-0.2, -0.15) is 5.26 Å². The zero-order valence-electron chi connectivity index (χ0n) is 21.4. The fourth-order valence-electron chi connectivity index (χ4n) is 7.68. The minimum absolute atomic E-state index is 0.288. The zero-order valence-corrected chi connectivity index (χ0v) is 22.2. The number of nitrogens with zero attached hydrogens (tertiary/aromatic N) is 6. The molecular formula is C28H33N7OS. The maximum Gasteiger partial charge on any atom is 0.226 e. The van der Waals surface area contributed by atoms with Crippen LogP contribution >= 0.6 is 11.3 Å². The third kappa shape index (κ3) is 3.45. The Hall–Kier alpha value is -2.96. The Morgan fingerprint density at radius 2 is 2.00 bits per heavy atom. The Balaban J connectivity index is 1.28. The van der Waals surface area contributed by atoms with E-state index < -0.39 is 0 Å². The monoisotopic (exact) mass is 515 g/mol. The molecule has 3 aromatic rings. The van der Waals surface area contributed by atoms with E-state index in [1.165, 1.54) is 24.3 Å². The van der Waals surface area contributed by atoms with E-state index in [4.69, 9.17) is 25.4 Å². The average Bonchev–Trinajstić information content (AvgIpc) is 3.62. The Bertz CT molecular complexity index is 1390.